The summed E-state index contributed by atoms with van der Waals surface area (Å²) >= 11 is 1.78. The topological polar surface area (TPSA) is 44.5 Å². The number of methoxy groups -OCH3 is 1. The van der Waals surface area contributed by atoms with Gasteiger partial charge in [0.2, 0.25) is 0 Å². The van der Waals surface area contributed by atoms with E-state index in [-0.39, 0.29) is 6.04 Å². The number of hydrogen-bond acceptors (Lipinski definition) is 4. The quantitative estimate of drug-likeness (QED) is 0.622. The Balaban J connectivity index is 1.73. The molecule has 112 valence electrons. The average Bonchev–Trinajstić information content (AvgIpc) is 2.52. The van der Waals surface area contributed by atoms with Gasteiger partial charge < -0.3 is 15.2 Å². The van der Waals surface area contributed by atoms with Gasteiger partial charge in [-0.05, 0) is 48.9 Å². The van der Waals surface area contributed by atoms with Crippen LogP contribution in [0.25, 0.3) is 0 Å². The highest BCUT2D eigenvalue weighted by Crippen LogP contribution is 2.21. The summed E-state index contributed by atoms with van der Waals surface area (Å²) < 4.78 is 10.8. The number of hydrogen-bond donors (Lipinski definition) is 1. The lowest BCUT2D eigenvalue weighted by atomic mass is 10.1. The third kappa shape index (κ3) is 4.99. The number of benzene rings is 2. The van der Waals surface area contributed by atoms with E-state index in [4.69, 9.17) is 15.2 Å². The van der Waals surface area contributed by atoms with Crippen LogP contribution in [0.3, 0.4) is 0 Å². The highest BCUT2D eigenvalue weighted by atomic mass is 32.2. The first-order chi connectivity index (χ1) is 10.2. The minimum atomic E-state index is 0.0856. The first kappa shape index (κ1) is 15.7. The summed E-state index contributed by atoms with van der Waals surface area (Å²) in [7, 11) is 1.66. The van der Waals surface area contributed by atoms with Crippen LogP contribution in [0.1, 0.15) is 18.5 Å². The summed E-state index contributed by atoms with van der Waals surface area (Å²) in [5, 5.41) is 0. The molecule has 2 rings (SSSR count). The third-order valence-electron chi connectivity index (χ3n) is 3.09. The maximum absolute atomic E-state index is 5.83. The number of rotatable bonds is 7. The second-order valence-corrected chi connectivity index (χ2v) is 5.90. The van der Waals surface area contributed by atoms with Crippen LogP contribution in [0, 0.1) is 0 Å². The van der Waals surface area contributed by atoms with Gasteiger partial charge in [-0.25, -0.2) is 0 Å². The third-order valence-corrected chi connectivity index (χ3v) is 4.06. The Morgan fingerprint density at radius 3 is 2.19 bits per heavy atom. The summed E-state index contributed by atoms with van der Waals surface area (Å²) in [6, 6.07) is 16.1. The molecule has 0 saturated heterocycles. The van der Waals surface area contributed by atoms with Crippen molar-refractivity contribution in [1.29, 1.82) is 0 Å². The zero-order valence-electron chi connectivity index (χ0n) is 12.4. The van der Waals surface area contributed by atoms with Crippen LogP contribution in [-0.2, 0) is 0 Å². The Bertz CT molecular complexity index is 538. The molecule has 0 heterocycles. The molecule has 2 aromatic rings. The maximum Gasteiger partial charge on any atom is 0.119 e. The van der Waals surface area contributed by atoms with E-state index in [2.05, 4.69) is 24.3 Å². The van der Waals surface area contributed by atoms with Crippen LogP contribution >= 0.6 is 11.8 Å². The van der Waals surface area contributed by atoms with E-state index < -0.39 is 0 Å². The Kier molecular flexibility index (Phi) is 5.96. The van der Waals surface area contributed by atoms with E-state index in [9.17, 15) is 0 Å². The molecule has 0 fully saturated rings. The van der Waals surface area contributed by atoms with Gasteiger partial charge in [0.25, 0.3) is 0 Å². The van der Waals surface area contributed by atoms with E-state index in [1.165, 1.54) is 4.90 Å². The Hall–Kier alpha value is -1.65. The van der Waals surface area contributed by atoms with E-state index in [1.807, 2.05) is 31.2 Å². The van der Waals surface area contributed by atoms with Gasteiger partial charge in [0.15, 0.2) is 0 Å². The van der Waals surface area contributed by atoms with Crippen LogP contribution in [0.5, 0.6) is 11.5 Å². The molecule has 0 aromatic heterocycles. The summed E-state index contributed by atoms with van der Waals surface area (Å²) in [6.07, 6.45) is 0. The first-order valence-corrected chi connectivity index (χ1v) is 7.93. The van der Waals surface area contributed by atoms with E-state index in [0.717, 1.165) is 22.8 Å². The first-order valence-electron chi connectivity index (χ1n) is 6.94. The van der Waals surface area contributed by atoms with Gasteiger partial charge in [0.05, 0.1) is 13.7 Å². The second kappa shape index (κ2) is 7.96. The molecule has 0 amide bonds. The van der Waals surface area contributed by atoms with Crippen LogP contribution in [0.4, 0.5) is 0 Å². The predicted molar refractivity (Wildman–Crippen MR) is 88.3 cm³/mol. The molecule has 0 aliphatic rings. The van der Waals surface area contributed by atoms with Crippen LogP contribution in [-0.4, -0.2) is 19.5 Å². The Morgan fingerprint density at radius 1 is 1.00 bits per heavy atom. The highest BCUT2D eigenvalue weighted by Gasteiger charge is 2.00. The zero-order valence-corrected chi connectivity index (χ0v) is 13.2. The molecule has 0 bridgehead atoms. The van der Waals surface area contributed by atoms with Gasteiger partial charge >= 0.3 is 0 Å². The molecule has 4 heteroatoms. The largest absolute Gasteiger partial charge is 0.497 e. The van der Waals surface area contributed by atoms with Crippen LogP contribution in [0.15, 0.2) is 53.4 Å². The fourth-order valence-electron chi connectivity index (χ4n) is 1.86. The van der Waals surface area contributed by atoms with Crippen LogP contribution in [0.2, 0.25) is 0 Å². The monoisotopic (exact) mass is 303 g/mol. The number of thioether (sulfide) groups is 1. The van der Waals surface area contributed by atoms with Gasteiger partial charge in [0, 0.05) is 16.7 Å². The maximum atomic E-state index is 5.83. The molecule has 21 heavy (non-hydrogen) atoms. The van der Waals surface area contributed by atoms with E-state index in [0.29, 0.717) is 6.61 Å². The molecule has 0 saturated carbocycles. The lowest BCUT2D eigenvalue weighted by molar-refractivity contribution is 0.342. The standard InChI is InChI=1S/C17H21NO2S/c1-13(18)14-3-9-17(10-4-14)21-12-11-20-16-7-5-15(19-2)6-8-16/h3-10,13H,11-12,18H2,1-2H3. The van der Waals surface area contributed by atoms with Crippen molar-refractivity contribution >= 4 is 11.8 Å². The predicted octanol–water partition coefficient (Wildman–Crippen LogP) is 3.89. The van der Waals surface area contributed by atoms with Crippen molar-refractivity contribution in [3.8, 4) is 11.5 Å². The molecule has 0 spiro atoms. The van der Waals surface area contributed by atoms with Crippen molar-refractivity contribution in [3.05, 3.63) is 54.1 Å². The fraction of sp³-hybridized carbons (Fsp3) is 0.294. The Morgan fingerprint density at radius 2 is 1.62 bits per heavy atom. The summed E-state index contributed by atoms with van der Waals surface area (Å²) in [4.78, 5) is 1.23. The molecule has 2 N–H and O–H groups in total. The molecule has 1 atom stereocenters. The lowest BCUT2D eigenvalue weighted by Crippen LogP contribution is -2.04. The van der Waals surface area contributed by atoms with E-state index >= 15 is 0 Å². The van der Waals surface area contributed by atoms with Gasteiger partial charge in [-0.3, -0.25) is 0 Å². The highest BCUT2D eigenvalue weighted by molar-refractivity contribution is 7.99. The van der Waals surface area contributed by atoms with Gasteiger partial charge in [-0.2, -0.15) is 0 Å². The van der Waals surface area contributed by atoms with Crippen molar-refractivity contribution in [2.45, 2.75) is 17.9 Å². The molecule has 0 aliphatic heterocycles. The van der Waals surface area contributed by atoms with Crippen molar-refractivity contribution in [3.63, 3.8) is 0 Å². The van der Waals surface area contributed by atoms with Gasteiger partial charge in [-0.15, -0.1) is 11.8 Å². The molecule has 0 aliphatic carbocycles. The molecular formula is C17H21NO2S. The smallest absolute Gasteiger partial charge is 0.119 e. The van der Waals surface area contributed by atoms with Gasteiger partial charge in [0.1, 0.15) is 11.5 Å². The fourth-order valence-corrected chi connectivity index (χ4v) is 2.59. The van der Waals surface area contributed by atoms with Crippen molar-refractivity contribution in [1.82, 2.24) is 0 Å². The zero-order chi connectivity index (χ0) is 15.1. The van der Waals surface area contributed by atoms with Crippen molar-refractivity contribution in [2.24, 2.45) is 5.73 Å². The molecular weight excluding hydrogens is 282 g/mol. The molecule has 2 aromatic carbocycles. The van der Waals surface area contributed by atoms with Crippen molar-refractivity contribution < 1.29 is 9.47 Å². The number of ether oxygens (including phenoxy) is 2. The molecule has 3 nitrogen and oxygen atoms in total. The van der Waals surface area contributed by atoms with Gasteiger partial charge in [-0.1, -0.05) is 12.1 Å². The average molecular weight is 303 g/mol. The van der Waals surface area contributed by atoms with Crippen molar-refractivity contribution in [2.75, 3.05) is 19.5 Å². The second-order valence-electron chi connectivity index (χ2n) is 4.73. The minimum absolute atomic E-state index is 0.0856. The number of nitrogens with two attached hydrogens (primary N) is 1. The van der Waals surface area contributed by atoms with Crippen LogP contribution < -0.4 is 15.2 Å². The SMILES string of the molecule is COc1ccc(OCCSc2ccc(C(C)N)cc2)cc1. The summed E-state index contributed by atoms with van der Waals surface area (Å²) in [6.45, 7) is 2.66. The molecule has 0 radical (unpaired) electrons. The minimum Gasteiger partial charge on any atom is -0.497 e. The molecule has 1 unspecified atom stereocenters. The summed E-state index contributed by atoms with van der Waals surface area (Å²) in [5.41, 5.74) is 7.00. The lowest BCUT2D eigenvalue weighted by Gasteiger charge is -2.08. The Labute approximate surface area is 130 Å². The summed E-state index contributed by atoms with van der Waals surface area (Å²) in [5.74, 6) is 2.61. The normalized spacial score (nSPS) is 12.0. The van der Waals surface area contributed by atoms with E-state index in [1.54, 1.807) is 18.9 Å².